The molecule has 3 N–H and O–H groups in total. The number of carbonyl (C=O) groups is 1. The summed E-state index contributed by atoms with van der Waals surface area (Å²) in [6, 6.07) is 9.55. The number of amides is 1. The topological polar surface area (TPSA) is 82.2 Å². The van der Waals surface area contributed by atoms with Crippen LogP contribution in [0.4, 0.5) is 5.69 Å². The van der Waals surface area contributed by atoms with E-state index in [-0.39, 0.29) is 25.0 Å². The molecule has 0 saturated carbocycles. The van der Waals surface area contributed by atoms with E-state index in [0.29, 0.717) is 5.69 Å². The SMILES string of the molecule is CC(c1cccc(N)c1)N(C)CC(=O)NCC#N. The molecule has 0 saturated heterocycles. The molecule has 0 aliphatic rings. The van der Waals surface area contributed by atoms with Crippen LogP contribution in [0.15, 0.2) is 24.3 Å². The Morgan fingerprint density at radius 3 is 2.94 bits per heavy atom. The first-order valence-electron chi connectivity index (χ1n) is 5.74. The van der Waals surface area contributed by atoms with Crippen molar-refractivity contribution in [2.45, 2.75) is 13.0 Å². The maximum absolute atomic E-state index is 11.5. The van der Waals surface area contributed by atoms with Gasteiger partial charge in [0.25, 0.3) is 0 Å². The molecule has 0 aliphatic carbocycles. The predicted octanol–water partition coefficient (Wildman–Crippen LogP) is 0.901. The summed E-state index contributed by atoms with van der Waals surface area (Å²) in [6.07, 6.45) is 0. The molecule has 0 radical (unpaired) electrons. The fourth-order valence-corrected chi connectivity index (χ4v) is 1.63. The molecule has 0 heterocycles. The van der Waals surface area contributed by atoms with Crippen LogP contribution in [0.25, 0.3) is 0 Å². The third-order valence-electron chi connectivity index (χ3n) is 2.81. The van der Waals surface area contributed by atoms with Crippen molar-refractivity contribution in [1.82, 2.24) is 10.2 Å². The van der Waals surface area contributed by atoms with Gasteiger partial charge in [-0.1, -0.05) is 12.1 Å². The second-order valence-electron chi connectivity index (χ2n) is 4.20. The van der Waals surface area contributed by atoms with Crippen LogP contribution in [0.2, 0.25) is 0 Å². The van der Waals surface area contributed by atoms with Crippen molar-refractivity contribution in [1.29, 1.82) is 5.26 Å². The zero-order valence-corrected chi connectivity index (χ0v) is 10.7. The number of likely N-dealkylation sites (N-methyl/N-ethyl adjacent to an activating group) is 1. The van der Waals surface area contributed by atoms with Crippen molar-refractivity contribution < 1.29 is 4.79 Å². The molecule has 1 rings (SSSR count). The molecular formula is C13H18N4O. The fourth-order valence-electron chi connectivity index (χ4n) is 1.63. The van der Waals surface area contributed by atoms with Crippen molar-refractivity contribution in [3.05, 3.63) is 29.8 Å². The standard InChI is InChI=1S/C13H18N4O/c1-10(11-4-3-5-12(15)8-11)17(2)9-13(18)16-7-6-14/h3-5,8,10H,7,9,15H2,1-2H3,(H,16,18). The Kier molecular flexibility index (Phi) is 5.15. The Morgan fingerprint density at radius 2 is 2.33 bits per heavy atom. The zero-order chi connectivity index (χ0) is 13.5. The molecule has 1 unspecified atom stereocenters. The van der Waals surface area contributed by atoms with Crippen LogP contribution in [0.5, 0.6) is 0 Å². The minimum absolute atomic E-state index is 0.0410. The van der Waals surface area contributed by atoms with E-state index in [4.69, 9.17) is 11.0 Å². The fraction of sp³-hybridized carbons (Fsp3) is 0.385. The monoisotopic (exact) mass is 246 g/mol. The number of hydrogen-bond donors (Lipinski definition) is 2. The number of nitrogens with two attached hydrogens (primary N) is 1. The smallest absolute Gasteiger partial charge is 0.235 e. The van der Waals surface area contributed by atoms with Crippen LogP contribution < -0.4 is 11.1 Å². The van der Waals surface area contributed by atoms with E-state index in [2.05, 4.69) is 5.32 Å². The van der Waals surface area contributed by atoms with Crippen molar-refractivity contribution in [2.75, 3.05) is 25.9 Å². The van der Waals surface area contributed by atoms with Gasteiger partial charge in [0.1, 0.15) is 6.54 Å². The lowest BCUT2D eigenvalue weighted by atomic mass is 10.1. The largest absolute Gasteiger partial charge is 0.399 e. The molecule has 0 aliphatic heterocycles. The van der Waals surface area contributed by atoms with Gasteiger partial charge in [-0.25, -0.2) is 0 Å². The number of nitrogens with zero attached hydrogens (tertiary/aromatic N) is 2. The van der Waals surface area contributed by atoms with Crippen LogP contribution >= 0.6 is 0 Å². The number of benzene rings is 1. The maximum Gasteiger partial charge on any atom is 0.235 e. The molecule has 1 amide bonds. The highest BCUT2D eigenvalue weighted by atomic mass is 16.2. The van der Waals surface area contributed by atoms with Crippen LogP contribution in [0.1, 0.15) is 18.5 Å². The minimum atomic E-state index is -0.158. The summed E-state index contributed by atoms with van der Waals surface area (Å²) in [4.78, 5) is 13.4. The maximum atomic E-state index is 11.5. The number of anilines is 1. The predicted molar refractivity (Wildman–Crippen MR) is 70.5 cm³/mol. The zero-order valence-electron chi connectivity index (χ0n) is 10.7. The van der Waals surface area contributed by atoms with Gasteiger partial charge >= 0.3 is 0 Å². The van der Waals surface area contributed by atoms with Gasteiger partial charge in [-0.2, -0.15) is 5.26 Å². The summed E-state index contributed by atoms with van der Waals surface area (Å²) in [5, 5.41) is 10.9. The number of nitriles is 1. The molecule has 5 heteroatoms. The van der Waals surface area contributed by atoms with E-state index in [1.54, 1.807) is 0 Å². The number of rotatable bonds is 5. The van der Waals surface area contributed by atoms with Gasteiger partial charge < -0.3 is 11.1 Å². The Balaban J connectivity index is 2.59. The Labute approximate surface area is 107 Å². The average molecular weight is 246 g/mol. The highest BCUT2D eigenvalue weighted by molar-refractivity contribution is 5.78. The molecule has 5 nitrogen and oxygen atoms in total. The summed E-state index contributed by atoms with van der Waals surface area (Å²) < 4.78 is 0. The first-order chi connectivity index (χ1) is 8.54. The molecule has 18 heavy (non-hydrogen) atoms. The molecule has 0 spiro atoms. The van der Waals surface area contributed by atoms with Gasteiger partial charge in [0.05, 0.1) is 12.6 Å². The lowest BCUT2D eigenvalue weighted by Crippen LogP contribution is -2.36. The summed E-state index contributed by atoms with van der Waals surface area (Å²) >= 11 is 0. The number of nitrogen functional groups attached to an aromatic ring is 1. The quantitative estimate of drug-likeness (QED) is 0.597. The molecule has 1 atom stereocenters. The van der Waals surface area contributed by atoms with Gasteiger partial charge in [-0.3, -0.25) is 9.69 Å². The van der Waals surface area contributed by atoms with Crippen molar-refractivity contribution in [3.8, 4) is 6.07 Å². The number of hydrogen-bond acceptors (Lipinski definition) is 4. The highest BCUT2D eigenvalue weighted by Gasteiger charge is 2.14. The first-order valence-corrected chi connectivity index (χ1v) is 5.74. The second-order valence-corrected chi connectivity index (χ2v) is 4.20. The van der Waals surface area contributed by atoms with E-state index in [1.807, 2.05) is 49.2 Å². The average Bonchev–Trinajstić information content (AvgIpc) is 2.35. The highest BCUT2D eigenvalue weighted by Crippen LogP contribution is 2.20. The Hall–Kier alpha value is -2.06. The van der Waals surface area contributed by atoms with Crippen molar-refractivity contribution >= 4 is 11.6 Å². The van der Waals surface area contributed by atoms with Crippen molar-refractivity contribution in [3.63, 3.8) is 0 Å². The van der Waals surface area contributed by atoms with E-state index in [9.17, 15) is 4.79 Å². The van der Waals surface area contributed by atoms with Gasteiger partial charge in [0, 0.05) is 11.7 Å². The van der Waals surface area contributed by atoms with Gasteiger partial charge in [0.15, 0.2) is 0 Å². The normalized spacial score (nSPS) is 11.9. The molecule has 0 bridgehead atoms. The Morgan fingerprint density at radius 1 is 1.61 bits per heavy atom. The molecular weight excluding hydrogens is 228 g/mol. The van der Waals surface area contributed by atoms with E-state index < -0.39 is 0 Å². The summed E-state index contributed by atoms with van der Waals surface area (Å²) in [5.41, 5.74) is 7.50. The third kappa shape index (κ3) is 4.07. The van der Waals surface area contributed by atoms with Gasteiger partial charge in [0.2, 0.25) is 5.91 Å². The van der Waals surface area contributed by atoms with Gasteiger partial charge in [-0.05, 0) is 31.7 Å². The Bertz CT molecular complexity index is 453. The lowest BCUT2D eigenvalue weighted by molar-refractivity contribution is -0.122. The number of carbonyl (C=O) groups excluding carboxylic acids is 1. The molecule has 1 aromatic carbocycles. The lowest BCUT2D eigenvalue weighted by Gasteiger charge is -2.24. The van der Waals surface area contributed by atoms with E-state index in [1.165, 1.54) is 0 Å². The summed E-state index contributed by atoms with van der Waals surface area (Å²) in [6.45, 7) is 2.29. The summed E-state index contributed by atoms with van der Waals surface area (Å²) in [5.74, 6) is -0.158. The van der Waals surface area contributed by atoms with Crippen LogP contribution in [0.3, 0.4) is 0 Å². The first kappa shape index (κ1) is 14.0. The third-order valence-corrected chi connectivity index (χ3v) is 2.81. The van der Waals surface area contributed by atoms with E-state index in [0.717, 1.165) is 5.56 Å². The van der Waals surface area contributed by atoms with Crippen LogP contribution in [0, 0.1) is 11.3 Å². The summed E-state index contributed by atoms with van der Waals surface area (Å²) in [7, 11) is 1.86. The van der Waals surface area contributed by atoms with Crippen molar-refractivity contribution in [2.24, 2.45) is 0 Å². The molecule has 0 aromatic heterocycles. The number of nitrogens with one attached hydrogen (secondary N) is 1. The minimum Gasteiger partial charge on any atom is -0.399 e. The van der Waals surface area contributed by atoms with E-state index >= 15 is 0 Å². The second kappa shape index (κ2) is 6.62. The van der Waals surface area contributed by atoms with Gasteiger partial charge in [-0.15, -0.1) is 0 Å². The molecule has 96 valence electrons. The molecule has 1 aromatic rings. The molecule has 0 fully saturated rings. The van der Waals surface area contributed by atoms with Crippen LogP contribution in [-0.4, -0.2) is 30.9 Å². The van der Waals surface area contributed by atoms with Crippen LogP contribution in [-0.2, 0) is 4.79 Å².